The van der Waals surface area contributed by atoms with Crippen molar-refractivity contribution in [2.24, 2.45) is 5.73 Å². The van der Waals surface area contributed by atoms with E-state index in [2.05, 4.69) is 5.32 Å². The largest absolute Gasteiger partial charge is 0.480 e. The quantitative estimate of drug-likeness (QED) is 0.630. The van der Waals surface area contributed by atoms with Gasteiger partial charge in [-0.25, -0.2) is 4.79 Å². The Kier molecular flexibility index (Phi) is 5.90. The molecule has 1 aromatic heterocycles. The number of hydrogen-bond acceptors (Lipinski definition) is 5. The first-order valence-electron chi connectivity index (χ1n) is 7.80. The third kappa shape index (κ3) is 4.79. The van der Waals surface area contributed by atoms with Gasteiger partial charge in [-0.15, -0.1) is 0 Å². The van der Waals surface area contributed by atoms with Crippen LogP contribution in [-0.2, 0) is 14.4 Å². The van der Waals surface area contributed by atoms with E-state index in [1.807, 2.05) is 13.0 Å². The number of carboxylic acid groups (broad SMARTS) is 1. The summed E-state index contributed by atoms with van der Waals surface area (Å²) in [6, 6.07) is 3.92. The summed E-state index contributed by atoms with van der Waals surface area (Å²) >= 11 is 0. The Morgan fingerprint density at radius 3 is 2.73 bits per heavy atom. The second kappa shape index (κ2) is 8.11. The lowest BCUT2D eigenvalue weighted by molar-refractivity contribution is -0.141. The molecule has 0 radical (unpaired) electrons. The highest BCUT2D eigenvalue weighted by Gasteiger charge is 2.19. The summed E-state index contributed by atoms with van der Waals surface area (Å²) in [4.78, 5) is 46.2. The zero-order valence-electron chi connectivity index (χ0n) is 14.0. The van der Waals surface area contributed by atoms with Crippen molar-refractivity contribution in [3.8, 4) is 0 Å². The number of hydrogen-bond donors (Lipinski definition) is 3. The monoisotopic (exact) mass is 358 g/mol. The molecule has 136 valence electrons. The Balaban J connectivity index is 2.15. The van der Waals surface area contributed by atoms with Crippen molar-refractivity contribution in [1.82, 2.24) is 5.32 Å². The van der Waals surface area contributed by atoms with Gasteiger partial charge in [-0.3, -0.25) is 14.4 Å². The maximum atomic E-state index is 12.4. The maximum absolute atomic E-state index is 12.4. The van der Waals surface area contributed by atoms with Gasteiger partial charge in [0.2, 0.25) is 11.8 Å². The normalized spacial score (nSPS) is 12.2. The van der Waals surface area contributed by atoms with E-state index in [1.54, 1.807) is 12.1 Å². The summed E-state index contributed by atoms with van der Waals surface area (Å²) in [6.07, 6.45) is 3.21. The van der Waals surface area contributed by atoms with Crippen LogP contribution in [-0.4, -0.2) is 28.9 Å². The molecule has 8 heteroatoms. The Bertz CT molecular complexity index is 944. The Labute approximate surface area is 148 Å². The van der Waals surface area contributed by atoms with Crippen LogP contribution < -0.4 is 16.5 Å². The minimum Gasteiger partial charge on any atom is -0.480 e. The molecular formula is C18H18N2O6. The molecule has 0 aliphatic rings. The van der Waals surface area contributed by atoms with Crippen molar-refractivity contribution in [2.75, 3.05) is 0 Å². The molecule has 1 aromatic carbocycles. The number of carbonyl (C=O) groups excluding carboxylic acids is 2. The number of aryl methyl sites for hydroxylation is 1. The number of carbonyl (C=O) groups is 3. The first-order chi connectivity index (χ1) is 12.3. The lowest BCUT2D eigenvalue weighted by atomic mass is 10.1. The van der Waals surface area contributed by atoms with Gasteiger partial charge in [0.25, 0.3) is 0 Å². The zero-order valence-corrected chi connectivity index (χ0v) is 14.0. The number of carboxylic acids is 1. The van der Waals surface area contributed by atoms with E-state index >= 15 is 0 Å². The Morgan fingerprint density at radius 2 is 2.08 bits per heavy atom. The molecule has 26 heavy (non-hydrogen) atoms. The number of nitrogens with one attached hydrogen (secondary N) is 1. The minimum atomic E-state index is -1.28. The molecule has 0 fully saturated rings. The Hall–Kier alpha value is -3.42. The molecule has 0 saturated carbocycles. The van der Waals surface area contributed by atoms with Crippen molar-refractivity contribution < 1.29 is 23.9 Å². The summed E-state index contributed by atoms with van der Waals surface area (Å²) in [5.74, 6) is -2.66. The number of rotatable bonds is 7. The molecule has 2 amide bonds. The number of benzene rings is 1. The average molecular weight is 358 g/mol. The van der Waals surface area contributed by atoms with Gasteiger partial charge in [0, 0.05) is 12.5 Å². The molecule has 2 rings (SSSR count). The van der Waals surface area contributed by atoms with Gasteiger partial charge in [-0.2, -0.15) is 0 Å². The lowest BCUT2D eigenvalue weighted by Crippen LogP contribution is -2.40. The second-order valence-corrected chi connectivity index (χ2v) is 5.76. The van der Waals surface area contributed by atoms with Gasteiger partial charge < -0.3 is 20.6 Å². The van der Waals surface area contributed by atoms with Crippen molar-refractivity contribution in [3.05, 3.63) is 51.9 Å². The van der Waals surface area contributed by atoms with Crippen molar-refractivity contribution >= 4 is 34.8 Å². The number of primary amides is 1. The predicted molar refractivity (Wildman–Crippen MR) is 94.2 cm³/mol. The van der Waals surface area contributed by atoms with Crippen LogP contribution >= 0.6 is 0 Å². The van der Waals surface area contributed by atoms with E-state index in [9.17, 15) is 19.2 Å². The van der Waals surface area contributed by atoms with Crippen LogP contribution in [0.3, 0.4) is 0 Å². The first-order valence-corrected chi connectivity index (χ1v) is 7.80. The van der Waals surface area contributed by atoms with Crippen LogP contribution in [0.4, 0.5) is 0 Å². The molecule has 1 atom stereocenters. The van der Waals surface area contributed by atoms with Crippen molar-refractivity contribution in [3.63, 3.8) is 0 Å². The summed E-state index contributed by atoms with van der Waals surface area (Å²) in [5, 5.41) is 11.7. The zero-order chi connectivity index (χ0) is 19.3. The van der Waals surface area contributed by atoms with Crippen LogP contribution in [0, 0.1) is 6.92 Å². The molecule has 0 aliphatic heterocycles. The number of amides is 2. The number of aliphatic carboxylic acids is 1. The topological polar surface area (TPSA) is 140 Å². The van der Waals surface area contributed by atoms with Gasteiger partial charge in [0.05, 0.1) is 10.9 Å². The van der Waals surface area contributed by atoms with Crippen LogP contribution in [0.2, 0.25) is 0 Å². The molecule has 0 bridgehead atoms. The van der Waals surface area contributed by atoms with Crippen LogP contribution in [0.1, 0.15) is 24.0 Å². The van der Waals surface area contributed by atoms with E-state index in [-0.39, 0.29) is 23.8 Å². The van der Waals surface area contributed by atoms with Crippen molar-refractivity contribution in [2.45, 2.75) is 25.8 Å². The fourth-order valence-electron chi connectivity index (χ4n) is 2.30. The molecule has 4 N–H and O–H groups in total. The molecule has 8 nitrogen and oxygen atoms in total. The fourth-order valence-corrected chi connectivity index (χ4v) is 2.30. The third-order valence-corrected chi connectivity index (χ3v) is 3.66. The van der Waals surface area contributed by atoms with E-state index in [4.69, 9.17) is 15.3 Å². The predicted octanol–water partition coefficient (Wildman–Crippen LogP) is 0.950. The average Bonchev–Trinajstić information content (AvgIpc) is 2.58. The van der Waals surface area contributed by atoms with Crippen LogP contribution in [0.5, 0.6) is 0 Å². The van der Waals surface area contributed by atoms with Crippen molar-refractivity contribution in [1.29, 1.82) is 0 Å². The first kappa shape index (κ1) is 18.9. The van der Waals surface area contributed by atoms with Gasteiger partial charge in [-0.05, 0) is 31.6 Å². The molecule has 2 aromatic rings. The number of nitrogens with two attached hydrogens (primary N) is 1. The standard InChI is InChI=1S/C18H18N2O6/c1-10-2-5-14-12(8-10)17(23)11(9-26-14)3-7-16(22)20-13(18(24)25)4-6-15(19)21/h2-3,5,7-9,13H,4,6H2,1H3,(H2,19,21)(H,20,22)(H,24,25)/b7-3+. The van der Waals surface area contributed by atoms with Crippen LogP contribution in [0.15, 0.2) is 39.7 Å². The minimum absolute atomic E-state index is 0.123. The summed E-state index contributed by atoms with van der Waals surface area (Å²) < 4.78 is 5.37. The summed E-state index contributed by atoms with van der Waals surface area (Å²) in [6.45, 7) is 1.84. The third-order valence-electron chi connectivity index (χ3n) is 3.66. The van der Waals surface area contributed by atoms with Gasteiger partial charge in [0.1, 0.15) is 17.9 Å². The summed E-state index contributed by atoms with van der Waals surface area (Å²) in [7, 11) is 0. The second-order valence-electron chi connectivity index (χ2n) is 5.76. The van der Waals surface area contributed by atoms with E-state index in [0.717, 1.165) is 11.6 Å². The number of fused-ring (bicyclic) bond motifs is 1. The highest BCUT2D eigenvalue weighted by molar-refractivity contribution is 5.94. The van der Waals surface area contributed by atoms with E-state index in [1.165, 1.54) is 12.3 Å². The highest BCUT2D eigenvalue weighted by Crippen LogP contribution is 2.13. The van der Waals surface area contributed by atoms with Gasteiger partial charge in [0.15, 0.2) is 5.43 Å². The maximum Gasteiger partial charge on any atom is 0.326 e. The molecule has 0 aliphatic carbocycles. The molecular weight excluding hydrogens is 340 g/mol. The Morgan fingerprint density at radius 1 is 1.35 bits per heavy atom. The highest BCUT2D eigenvalue weighted by atomic mass is 16.4. The fraction of sp³-hybridized carbons (Fsp3) is 0.222. The summed E-state index contributed by atoms with van der Waals surface area (Å²) in [5.41, 5.74) is 6.15. The molecule has 0 spiro atoms. The van der Waals surface area contributed by atoms with E-state index in [0.29, 0.717) is 11.0 Å². The lowest BCUT2D eigenvalue weighted by Gasteiger charge is -2.11. The molecule has 1 unspecified atom stereocenters. The van der Waals surface area contributed by atoms with E-state index < -0.39 is 23.8 Å². The van der Waals surface area contributed by atoms with Crippen LogP contribution in [0.25, 0.3) is 17.0 Å². The van der Waals surface area contributed by atoms with Gasteiger partial charge in [-0.1, -0.05) is 11.6 Å². The molecule has 0 saturated heterocycles. The smallest absolute Gasteiger partial charge is 0.326 e. The molecule has 1 heterocycles. The SMILES string of the molecule is Cc1ccc2occ(/C=C/C(=O)NC(CCC(N)=O)C(=O)O)c(=O)c2c1. The van der Waals surface area contributed by atoms with Gasteiger partial charge >= 0.3 is 5.97 Å².